The number of likely N-dealkylation sites (tertiary alicyclic amines) is 1. The molecule has 0 amide bonds. The molecule has 8 heteroatoms. The van der Waals surface area contributed by atoms with Crippen molar-refractivity contribution in [3.63, 3.8) is 0 Å². The molecule has 24 heavy (non-hydrogen) atoms. The van der Waals surface area contributed by atoms with Gasteiger partial charge < -0.3 is 4.52 Å². The number of rotatable bonds is 4. The molecule has 3 aromatic rings. The standard InChI is InChI=1S/C16H13F2N5O/c17-12-3-10(4-13(18)5-12)7-23-8-11(9-23)16-21-15(22-24-16)14-6-19-1-2-20-14/h1-6,11H,7-9H2. The Labute approximate surface area is 136 Å². The van der Waals surface area contributed by atoms with E-state index in [1.165, 1.54) is 12.1 Å². The van der Waals surface area contributed by atoms with E-state index in [0.29, 0.717) is 42.6 Å². The lowest BCUT2D eigenvalue weighted by molar-refractivity contribution is 0.117. The fourth-order valence-corrected chi connectivity index (χ4v) is 2.74. The first-order chi connectivity index (χ1) is 11.7. The number of hydrogen-bond donors (Lipinski definition) is 0. The minimum absolute atomic E-state index is 0.112. The molecule has 4 rings (SSSR count). The molecular weight excluding hydrogens is 316 g/mol. The largest absolute Gasteiger partial charge is 0.339 e. The molecule has 1 aliphatic heterocycles. The van der Waals surface area contributed by atoms with Crippen molar-refractivity contribution in [1.29, 1.82) is 0 Å². The van der Waals surface area contributed by atoms with Crippen LogP contribution in [0.3, 0.4) is 0 Å². The van der Waals surface area contributed by atoms with Crippen molar-refractivity contribution in [3.8, 4) is 11.5 Å². The van der Waals surface area contributed by atoms with Gasteiger partial charge in [0.2, 0.25) is 11.7 Å². The summed E-state index contributed by atoms with van der Waals surface area (Å²) in [6, 6.07) is 3.55. The Balaban J connectivity index is 1.38. The Bertz CT molecular complexity index is 828. The molecule has 6 nitrogen and oxygen atoms in total. The van der Waals surface area contributed by atoms with E-state index in [-0.39, 0.29) is 5.92 Å². The van der Waals surface area contributed by atoms with Gasteiger partial charge >= 0.3 is 0 Å². The summed E-state index contributed by atoms with van der Waals surface area (Å²) in [5, 5.41) is 3.92. The highest BCUT2D eigenvalue weighted by Gasteiger charge is 2.32. The number of nitrogens with zero attached hydrogens (tertiary/aromatic N) is 5. The van der Waals surface area contributed by atoms with Crippen LogP contribution < -0.4 is 0 Å². The molecule has 1 saturated heterocycles. The zero-order valence-corrected chi connectivity index (χ0v) is 12.6. The molecule has 122 valence electrons. The molecule has 0 bridgehead atoms. The van der Waals surface area contributed by atoms with Gasteiger partial charge in [-0.15, -0.1) is 0 Å². The molecule has 1 aromatic carbocycles. The van der Waals surface area contributed by atoms with Crippen molar-refractivity contribution in [1.82, 2.24) is 25.0 Å². The average molecular weight is 329 g/mol. The van der Waals surface area contributed by atoms with E-state index in [2.05, 4.69) is 25.0 Å². The summed E-state index contributed by atoms with van der Waals surface area (Å²) in [5.74, 6) is -0.0671. The first-order valence-corrected chi connectivity index (χ1v) is 7.45. The molecule has 0 N–H and O–H groups in total. The van der Waals surface area contributed by atoms with Gasteiger partial charge in [-0.3, -0.25) is 9.88 Å². The predicted octanol–water partition coefficient (Wildman–Crippen LogP) is 2.40. The van der Waals surface area contributed by atoms with E-state index in [4.69, 9.17) is 4.52 Å². The van der Waals surface area contributed by atoms with Crippen molar-refractivity contribution in [2.45, 2.75) is 12.5 Å². The summed E-state index contributed by atoms with van der Waals surface area (Å²) in [7, 11) is 0. The topological polar surface area (TPSA) is 67.9 Å². The van der Waals surface area contributed by atoms with Crippen LogP contribution in [0, 0.1) is 11.6 Å². The van der Waals surface area contributed by atoms with Crippen LogP contribution in [0.25, 0.3) is 11.5 Å². The second-order valence-electron chi connectivity index (χ2n) is 5.72. The smallest absolute Gasteiger partial charge is 0.232 e. The Hall–Kier alpha value is -2.74. The van der Waals surface area contributed by atoms with Crippen LogP contribution in [0.2, 0.25) is 0 Å². The first kappa shape index (κ1) is 14.8. The summed E-state index contributed by atoms with van der Waals surface area (Å²) >= 11 is 0. The van der Waals surface area contributed by atoms with Gasteiger partial charge in [0.25, 0.3) is 0 Å². The molecule has 0 spiro atoms. The molecule has 0 unspecified atom stereocenters. The fraction of sp³-hybridized carbons (Fsp3) is 0.250. The van der Waals surface area contributed by atoms with Crippen LogP contribution in [0.15, 0.2) is 41.3 Å². The van der Waals surface area contributed by atoms with Gasteiger partial charge in [-0.1, -0.05) is 5.16 Å². The lowest BCUT2D eigenvalue weighted by Crippen LogP contribution is -2.44. The van der Waals surface area contributed by atoms with Gasteiger partial charge in [0.15, 0.2) is 0 Å². The Morgan fingerprint density at radius 3 is 2.62 bits per heavy atom. The second-order valence-corrected chi connectivity index (χ2v) is 5.72. The van der Waals surface area contributed by atoms with Crippen molar-refractivity contribution in [3.05, 3.63) is 59.9 Å². The summed E-state index contributed by atoms with van der Waals surface area (Å²) < 4.78 is 31.7. The molecule has 0 atom stereocenters. The molecule has 3 heterocycles. The maximum atomic E-state index is 13.2. The van der Waals surface area contributed by atoms with Crippen LogP contribution in [0.4, 0.5) is 8.78 Å². The minimum atomic E-state index is -0.562. The number of halogens is 2. The van der Waals surface area contributed by atoms with Crippen LogP contribution in [0.5, 0.6) is 0 Å². The van der Waals surface area contributed by atoms with Crippen molar-refractivity contribution < 1.29 is 13.3 Å². The van der Waals surface area contributed by atoms with Crippen LogP contribution in [-0.4, -0.2) is 38.1 Å². The number of aromatic nitrogens is 4. The normalized spacial score (nSPS) is 15.4. The first-order valence-electron chi connectivity index (χ1n) is 7.45. The quantitative estimate of drug-likeness (QED) is 0.732. The summed E-state index contributed by atoms with van der Waals surface area (Å²) in [4.78, 5) is 14.5. The maximum Gasteiger partial charge on any atom is 0.232 e. The Morgan fingerprint density at radius 2 is 1.92 bits per heavy atom. The van der Waals surface area contributed by atoms with Crippen molar-refractivity contribution in [2.75, 3.05) is 13.1 Å². The van der Waals surface area contributed by atoms with Gasteiger partial charge in [0, 0.05) is 38.1 Å². The molecule has 1 aliphatic rings. The lowest BCUT2D eigenvalue weighted by atomic mass is 9.99. The summed E-state index contributed by atoms with van der Waals surface area (Å²) in [6.45, 7) is 1.87. The van der Waals surface area contributed by atoms with Crippen molar-refractivity contribution in [2.24, 2.45) is 0 Å². The van der Waals surface area contributed by atoms with Gasteiger partial charge in [0.05, 0.1) is 12.1 Å². The Morgan fingerprint density at radius 1 is 1.12 bits per heavy atom. The van der Waals surface area contributed by atoms with Crippen LogP contribution in [-0.2, 0) is 6.54 Å². The molecule has 0 saturated carbocycles. The van der Waals surface area contributed by atoms with Gasteiger partial charge in [-0.2, -0.15) is 4.98 Å². The third kappa shape index (κ3) is 3.00. The molecule has 0 aliphatic carbocycles. The molecular formula is C16H13F2N5O. The zero-order valence-electron chi connectivity index (χ0n) is 12.6. The van der Waals surface area contributed by atoms with Crippen LogP contribution in [0.1, 0.15) is 17.4 Å². The zero-order chi connectivity index (χ0) is 16.5. The third-order valence-corrected chi connectivity index (χ3v) is 3.87. The van der Waals surface area contributed by atoms with Gasteiger partial charge in [-0.05, 0) is 17.7 Å². The molecule has 0 radical (unpaired) electrons. The predicted molar refractivity (Wildman–Crippen MR) is 79.7 cm³/mol. The highest BCUT2D eigenvalue weighted by molar-refractivity contribution is 5.45. The second kappa shape index (κ2) is 6.04. The third-order valence-electron chi connectivity index (χ3n) is 3.87. The average Bonchev–Trinajstić information content (AvgIpc) is 3.00. The lowest BCUT2D eigenvalue weighted by Gasteiger charge is -2.37. The van der Waals surface area contributed by atoms with Gasteiger partial charge in [0.1, 0.15) is 17.3 Å². The van der Waals surface area contributed by atoms with Crippen molar-refractivity contribution >= 4 is 0 Å². The Kier molecular flexibility index (Phi) is 3.73. The number of benzene rings is 1. The van der Waals surface area contributed by atoms with Crippen LogP contribution >= 0.6 is 0 Å². The van der Waals surface area contributed by atoms with E-state index in [1.807, 2.05) is 0 Å². The van der Waals surface area contributed by atoms with E-state index in [1.54, 1.807) is 18.6 Å². The highest BCUT2D eigenvalue weighted by Crippen LogP contribution is 2.28. The van der Waals surface area contributed by atoms with E-state index >= 15 is 0 Å². The molecule has 1 fully saturated rings. The SMILES string of the molecule is Fc1cc(F)cc(CN2CC(c3nc(-c4cnccn4)no3)C2)c1. The maximum absolute atomic E-state index is 13.2. The van der Waals surface area contributed by atoms with E-state index in [9.17, 15) is 8.78 Å². The summed E-state index contributed by atoms with van der Waals surface area (Å²) in [6.07, 6.45) is 4.71. The highest BCUT2D eigenvalue weighted by atomic mass is 19.1. The van der Waals surface area contributed by atoms with E-state index < -0.39 is 11.6 Å². The monoisotopic (exact) mass is 329 g/mol. The van der Waals surface area contributed by atoms with E-state index in [0.717, 1.165) is 6.07 Å². The number of hydrogen-bond acceptors (Lipinski definition) is 6. The minimum Gasteiger partial charge on any atom is -0.339 e. The summed E-state index contributed by atoms with van der Waals surface area (Å²) in [5.41, 5.74) is 1.16. The van der Waals surface area contributed by atoms with Gasteiger partial charge in [-0.25, -0.2) is 13.8 Å². The fourth-order valence-electron chi connectivity index (χ4n) is 2.74. The molecule has 2 aromatic heterocycles.